The standard InChI is InChI=1S/C18H17ClN2O4S/c1-25-16(22)10-20-17(23)11-3-5-12(6-4-11)21-18(24)14-9-13(26-2)7-8-15(14)19/h3-9H,10H2,1-2H3,(H,20,23)(H,21,24). The number of benzene rings is 2. The molecular formula is C18H17ClN2O4S. The second kappa shape index (κ2) is 9.26. The average Bonchev–Trinajstić information content (AvgIpc) is 2.66. The number of hydrogen-bond donors (Lipinski definition) is 2. The molecule has 0 saturated carbocycles. The average molecular weight is 393 g/mol. The number of methoxy groups -OCH3 is 1. The molecule has 6 nitrogen and oxygen atoms in total. The van der Waals surface area contributed by atoms with E-state index < -0.39 is 11.9 Å². The van der Waals surface area contributed by atoms with Crippen LogP contribution in [0.15, 0.2) is 47.4 Å². The molecule has 136 valence electrons. The lowest BCUT2D eigenvalue weighted by Gasteiger charge is -2.09. The number of carbonyl (C=O) groups is 3. The predicted octanol–water partition coefficient (Wildman–Crippen LogP) is 3.22. The van der Waals surface area contributed by atoms with Crippen LogP contribution in [-0.4, -0.2) is 37.7 Å². The summed E-state index contributed by atoms with van der Waals surface area (Å²) in [7, 11) is 1.24. The van der Waals surface area contributed by atoms with Crippen molar-refractivity contribution < 1.29 is 19.1 Å². The molecule has 0 bridgehead atoms. The molecule has 0 spiro atoms. The number of anilines is 1. The largest absolute Gasteiger partial charge is 0.468 e. The van der Waals surface area contributed by atoms with E-state index in [2.05, 4.69) is 15.4 Å². The Kier molecular flexibility index (Phi) is 7.06. The summed E-state index contributed by atoms with van der Waals surface area (Å²) in [6, 6.07) is 11.5. The van der Waals surface area contributed by atoms with Crippen LogP contribution < -0.4 is 10.6 Å². The van der Waals surface area contributed by atoms with Crippen molar-refractivity contribution in [1.82, 2.24) is 5.32 Å². The Balaban J connectivity index is 2.04. The smallest absolute Gasteiger partial charge is 0.325 e. The van der Waals surface area contributed by atoms with E-state index in [1.807, 2.05) is 12.3 Å². The molecule has 0 atom stereocenters. The Morgan fingerprint density at radius 1 is 1.08 bits per heavy atom. The number of ether oxygens (including phenoxy) is 1. The molecule has 2 aromatic rings. The zero-order valence-electron chi connectivity index (χ0n) is 14.2. The third-order valence-electron chi connectivity index (χ3n) is 3.44. The zero-order chi connectivity index (χ0) is 19.1. The van der Waals surface area contributed by atoms with Gasteiger partial charge in [-0.2, -0.15) is 0 Å². The fraction of sp³-hybridized carbons (Fsp3) is 0.167. The minimum absolute atomic E-state index is 0.210. The molecule has 2 rings (SSSR count). The van der Waals surface area contributed by atoms with E-state index in [1.54, 1.807) is 36.4 Å². The molecule has 0 saturated heterocycles. The van der Waals surface area contributed by atoms with Crippen LogP contribution in [0.2, 0.25) is 5.02 Å². The number of amides is 2. The number of thioether (sulfide) groups is 1. The van der Waals surface area contributed by atoms with Gasteiger partial charge in [0, 0.05) is 16.1 Å². The molecule has 0 fully saturated rings. The maximum Gasteiger partial charge on any atom is 0.325 e. The van der Waals surface area contributed by atoms with Crippen LogP contribution in [-0.2, 0) is 9.53 Å². The van der Waals surface area contributed by atoms with Crippen molar-refractivity contribution in [1.29, 1.82) is 0 Å². The fourth-order valence-electron chi connectivity index (χ4n) is 2.04. The van der Waals surface area contributed by atoms with E-state index in [0.717, 1.165) is 4.90 Å². The Morgan fingerprint density at radius 3 is 2.38 bits per heavy atom. The van der Waals surface area contributed by atoms with Gasteiger partial charge in [0.25, 0.3) is 11.8 Å². The van der Waals surface area contributed by atoms with Crippen LogP contribution in [0.3, 0.4) is 0 Å². The lowest BCUT2D eigenvalue weighted by molar-refractivity contribution is -0.139. The SMILES string of the molecule is COC(=O)CNC(=O)c1ccc(NC(=O)c2cc(SC)ccc2Cl)cc1. The molecule has 0 aliphatic rings. The molecule has 0 aliphatic heterocycles. The number of hydrogen-bond acceptors (Lipinski definition) is 5. The van der Waals surface area contributed by atoms with E-state index in [4.69, 9.17) is 11.6 Å². The van der Waals surface area contributed by atoms with Crippen molar-refractivity contribution in [2.45, 2.75) is 4.90 Å². The van der Waals surface area contributed by atoms with Crippen molar-refractivity contribution in [2.24, 2.45) is 0 Å². The van der Waals surface area contributed by atoms with Gasteiger partial charge in [0.1, 0.15) is 6.54 Å². The second-order valence-electron chi connectivity index (χ2n) is 5.14. The summed E-state index contributed by atoms with van der Waals surface area (Å²) in [5.74, 6) is -1.29. The lowest BCUT2D eigenvalue weighted by Crippen LogP contribution is -2.30. The van der Waals surface area contributed by atoms with E-state index in [1.165, 1.54) is 18.9 Å². The lowest BCUT2D eigenvalue weighted by atomic mass is 10.1. The van der Waals surface area contributed by atoms with Crippen molar-refractivity contribution in [3.8, 4) is 0 Å². The van der Waals surface area contributed by atoms with Crippen LogP contribution in [0, 0.1) is 0 Å². The first-order chi connectivity index (χ1) is 12.4. The summed E-state index contributed by atoms with van der Waals surface area (Å²) in [6.07, 6.45) is 1.91. The minimum atomic E-state index is -0.536. The molecule has 0 unspecified atom stereocenters. The quantitative estimate of drug-likeness (QED) is 0.582. The van der Waals surface area contributed by atoms with Gasteiger partial charge >= 0.3 is 5.97 Å². The fourth-order valence-corrected chi connectivity index (χ4v) is 2.68. The van der Waals surface area contributed by atoms with Gasteiger partial charge < -0.3 is 15.4 Å². The van der Waals surface area contributed by atoms with E-state index in [0.29, 0.717) is 21.8 Å². The summed E-state index contributed by atoms with van der Waals surface area (Å²) >= 11 is 7.61. The zero-order valence-corrected chi connectivity index (χ0v) is 15.7. The van der Waals surface area contributed by atoms with E-state index in [9.17, 15) is 14.4 Å². The molecule has 0 aliphatic carbocycles. The monoisotopic (exact) mass is 392 g/mol. The highest BCUT2D eigenvalue weighted by Crippen LogP contribution is 2.24. The number of nitrogens with one attached hydrogen (secondary N) is 2. The predicted molar refractivity (Wildman–Crippen MR) is 102 cm³/mol. The molecule has 2 aromatic carbocycles. The minimum Gasteiger partial charge on any atom is -0.468 e. The van der Waals surface area contributed by atoms with Crippen molar-refractivity contribution in [3.63, 3.8) is 0 Å². The molecule has 8 heteroatoms. The Morgan fingerprint density at radius 2 is 1.77 bits per heavy atom. The summed E-state index contributed by atoms with van der Waals surface area (Å²) in [6.45, 7) is -0.210. The first kappa shape index (κ1) is 19.8. The van der Waals surface area contributed by atoms with Crippen LogP contribution >= 0.6 is 23.4 Å². The summed E-state index contributed by atoms with van der Waals surface area (Å²) in [5, 5.41) is 5.53. The maximum absolute atomic E-state index is 12.4. The number of esters is 1. The maximum atomic E-state index is 12.4. The second-order valence-corrected chi connectivity index (χ2v) is 6.42. The topological polar surface area (TPSA) is 84.5 Å². The Labute approximate surface area is 160 Å². The first-order valence-corrected chi connectivity index (χ1v) is 9.15. The third-order valence-corrected chi connectivity index (χ3v) is 4.50. The summed E-state index contributed by atoms with van der Waals surface area (Å²) < 4.78 is 4.45. The van der Waals surface area contributed by atoms with Crippen molar-refractivity contribution in [2.75, 3.05) is 25.2 Å². The number of rotatable bonds is 6. The van der Waals surface area contributed by atoms with Gasteiger partial charge in [-0.3, -0.25) is 14.4 Å². The number of halogens is 1. The first-order valence-electron chi connectivity index (χ1n) is 7.54. The van der Waals surface area contributed by atoms with E-state index in [-0.39, 0.29) is 12.5 Å². The summed E-state index contributed by atoms with van der Waals surface area (Å²) in [5.41, 5.74) is 1.25. The van der Waals surface area contributed by atoms with Gasteiger partial charge in [-0.05, 0) is 48.7 Å². The third kappa shape index (κ3) is 5.24. The van der Waals surface area contributed by atoms with Crippen molar-refractivity contribution in [3.05, 3.63) is 58.6 Å². The van der Waals surface area contributed by atoms with Gasteiger partial charge in [-0.1, -0.05) is 11.6 Å². The van der Waals surface area contributed by atoms with Gasteiger partial charge in [0.05, 0.1) is 17.7 Å². The normalized spacial score (nSPS) is 10.1. The van der Waals surface area contributed by atoms with Crippen molar-refractivity contribution >= 4 is 46.8 Å². The summed E-state index contributed by atoms with van der Waals surface area (Å²) in [4.78, 5) is 36.3. The van der Waals surface area contributed by atoms with Gasteiger partial charge in [-0.15, -0.1) is 11.8 Å². The molecule has 2 N–H and O–H groups in total. The number of carbonyl (C=O) groups excluding carboxylic acids is 3. The van der Waals surface area contributed by atoms with Gasteiger partial charge in [0.2, 0.25) is 0 Å². The van der Waals surface area contributed by atoms with Crippen LogP contribution in [0.5, 0.6) is 0 Å². The molecule has 0 aromatic heterocycles. The van der Waals surface area contributed by atoms with E-state index >= 15 is 0 Å². The molecule has 26 heavy (non-hydrogen) atoms. The molecule has 0 radical (unpaired) electrons. The van der Waals surface area contributed by atoms with Crippen LogP contribution in [0.25, 0.3) is 0 Å². The molecule has 2 amide bonds. The van der Waals surface area contributed by atoms with Crippen LogP contribution in [0.1, 0.15) is 20.7 Å². The highest BCUT2D eigenvalue weighted by Gasteiger charge is 2.13. The highest BCUT2D eigenvalue weighted by atomic mass is 35.5. The Hall–Kier alpha value is -2.51. The van der Waals surface area contributed by atoms with Crippen LogP contribution in [0.4, 0.5) is 5.69 Å². The molecular weight excluding hydrogens is 376 g/mol. The molecule has 0 heterocycles. The Bertz CT molecular complexity index is 824. The highest BCUT2D eigenvalue weighted by molar-refractivity contribution is 7.98. The van der Waals surface area contributed by atoms with Gasteiger partial charge in [0.15, 0.2) is 0 Å². The van der Waals surface area contributed by atoms with Gasteiger partial charge in [-0.25, -0.2) is 0 Å².